The molecule has 0 spiro atoms. The molecule has 0 heterocycles. The molecule has 0 saturated heterocycles. The van der Waals surface area contributed by atoms with E-state index in [-0.39, 0.29) is 21.5 Å². The minimum absolute atomic E-state index is 0.123. The number of hydrogen-bond donors (Lipinski definition) is 0. The number of para-hydroxylation sites is 1. The molecule has 0 unspecified atom stereocenters. The first kappa shape index (κ1) is 20.3. The van der Waals surface area contributed by atoms with Gasteiger partial charge in [0.2, 0.25) is 0 Å². The Morgan fingerprint density at radius 3 is 2.35 bits per heavy atom. The van der Waals surface area contributed by atoms with Gasteiger partial charge in [0.25, 0.3) is 10.0 Å². The molecular formula is C16H14Cl2FNO5S. The summed E-state index contributed by atoms with van der Waals surface area (Å²) in [6.07, 6.45) is 0. The molecule has 26 heavy (non-hydrogen) atoms. The summed E-state index contributed by atoms with van der Waals surface area (Å²) in [5, 5.41) is -0.431. The second-order valence-electron chi connectivity index (χ2n) is 4.93. The highest BCUT2D eigenvalue weighted by Gasteiger charge is 2.32. The van der Waals surface area contributed by atoms with Crippen molar-refractivity contribution in [2.45, 2.75) is 4.90 Å². The third kappa shape index (κ3) is 3.87. The summed E-state index contributed by atoms with van der Waals surface area (Å²) in [6.45, 7) is -0.750. The fraction of sp³-hybridized carbons (Fsp3) is 0.188. The van der Waals surface area contributed by atoms with Crippen LogP contribution in [0.1, 0.15) is 0 Å². The molecule has 0 fully saturated rings. The number of methoxy groups -OCH3 is 2. The third-order valence-electron chi connectivity index (χ3n) is 3.42. The minimum Gasteiger partial charge on any atom is -0.495 e. The molecule has 0 aliphatic heterocycles. The zero-order valence-electron chi connectivity index (χ0n) is 13.7. The van der Waals surface area contributed by atoms with E-state index in [2.05, 4.69) is 4.74 Å². The summed E-state index contributed by atoms with van der Waals surface area (Å²) in [7, 11) is -2.01. The van der Waals surface area contributed by atoms with E-state index < -0.39 is 33.3 Å². The lowest BCUT2D eigenvalue weighted by atomic mass is 10.3. The van der Waals surface area contributed by atoms with Crippen LogP contribution in [-0.4, -0.2) is 35.2 Å². The van der Waals surface area contributed by atoms with Crippen LogP contribution in [0.4, 0.5) is 10.1 Å². The first-order valence-electron chi connectivity index (χ1n) is 7.10. The van der Waals surface area contributed by atoms with Gasteiger partial charge in [0.15, 0.2) is 0 Å². The van der Waals surface area contributed by atoms with Crippen LogP contribution in [0.2, 0.25) is 10.0 Å². The second-order valence-corrected chi connectivity index (χ2v) is 7.52. The van der Waals surface area contributed by atoms with Crippen LogP contribution in [0.25, 0.3) is 0 Å². The van der Waals surface area contributed by atoms with Gasteiger partial charge in [-0.1, -0.05) is 35.3 Å². The number of ether oxygens (including phenoxy) is 2. The lowest BCUT2D eigenvalue weighted by Gasteiger charge is -2.24. The number of nitrogens with zero attached hydrogens (tertiary/aromatic N) is 1. The van der Waals surface area contributed by atoms with E-state index in [9.17, 15) is 17.6 Å². The Hall–Kier alpha value is -2.03. The van der Waals surface area contributed by atoms with Crippen molar-refractivity contribution in [2.75, 3.05) is 25.1 Å². The number of benzene rings is 2. The molecule has 0 saturated carbocycles. The van der Waals surface area contributed by atoms with Crippen molar-refractivity contribution in [3.05, 3.63) is 52.3 Å². The van der Waals surface area contributed by atoms with E-state index in [1.807, 2.05) is 0 Å². The van der Waals surface area contributed by atoms with Crippen molar-refractivity contribution in [1.29, 1.82) is 0 Å². The van der Waals surface area contributed by atoms with Crippen molar-refractivity contribution in [3.8, 4) is 5.75 Å². The molecule has 0 aliphatic carbocycles. The summed E-state index contributed by atoms with van der Waals surface area (Å²) in [4.78, 5) is 11.3. The summed E-state index contributed by atoms with van der Waals surface area (Å²) in [6, 6.07) is 7.57. The third-order valence-corrected chi connectivity index (χ3v) is 6.20. The van der Waals surface area contributed by atoms with Crippen LogP contribution in [0.15, 0.2) is 41.3 Å². The number of esters is 1. The lowest BCUT2D eigenvalue weighted by Crippen LogP contribution is -2.37. The summed E-state index contributed by atoms with van der Waals surface area (Å²) in [5.41, 5.74) is -0.332. The molecule has 0 bridgehead atoms. The molecule has 0 amide bonds. The number of sulfonamides is 1. The largest absolute Gasteiger partial charge is 0.495 e. The quantitative estimate of drug-likeness (QED) is 0.667. The van der Waals surface area contributed by atoms with Crippen molar-refractivity contribution >= 4 is 44.9 Å². The van der Waals surface area contributed by atoms with Crippen LogP contribution in [-0.2, 0) is 19.6 Å². The maximum atomic E-state index is 14.2. The number of anilines is 1. The average Bonchev–Trinajstić information content (AvgIpc) is 2.62. The van der Waals surface area contributed by atoms with Gasteiger partial charge in [-0.25, -0.2) is 12.8 Å². The molecule has 0 atom stereocenters. The fourth-order valence-corrected chi connectivity index (χ4v) is 4.36. The van der Waals surface area contributed by atoms with Crippen molar-refractivity contribution in [3.63, 3.8) is 0 Å². The first-order chi connectivity index (χ1) is 12.2. The molecule has 0 aromatic heterocycles. The molecule has 2 aromatic rings. The predicted octanol–water partition coefficient (Wildman–Crippen LogP) is 3.51. The molecular weight excluding hydrogens is 408 g/mol. The van der Waals surface area contributed by atoms with Gasteiger partial charge in [-0.15, -0.1) is 0 Å². The first-order valence-corrected chi connectivity index (χ1v) is 9.29. The number of rotatable bonds is 6. The molecule has 10 heteroatoms. The normalized spacial score (nSPS) is 11.1. The van der Waals surface area contributed by atoms with Gasteiger partial charge in [0.1, 0.15) is 28.0 Å². The Kier molecular flexibility index (Phi) is 6.33. The van der Waals surface area contributed by atoms with Crippen molar-refractivity contribution in [2.24, 2.45) is 0 Å². The van der Waals surface area contributed by atoms with Crippen LogP contribution in [0.5, 0.6) is 5.75 Å². The van der Waals surface area contributed by atoms with Gasteiger partial charge in [-0.3, -0.25) is 9.10 Å². The lowest BCUT2D eigenvalue weighted by molar-refractivity contribution is -0.138. The SMILES string of the molecule is COC(=O)CN(c1ccccc1F)S(=O)(=O)c1ccc(OC)c(Cl)c1Cl. The van der Waals surface area contributed by atoms with Crippen LogP contribution < -0.4 is 9.04 Å². The highest BCUT2D eigenvalue weighted by molar-refractivity contribution is 7.93. The molecule has 0 radical (unpaired) electrons. The van der Waals surface area contributed by atoms with Crippen LogP contribution in [0, 0.1) is 5.82 Å². The summed E-state index contributed by atoms with van der Waals surface area (Å²) < 4.78 is 50.4. The van der Waals surface area contributed by atoms with E-state index in [0.717, 1.165) is 19.2 Å². The Labute approximate surface area is 160 Å². The molecule has 0 N–H and O–H groups in total. The van der Waals surface area contributed by atoms with Gasteiger partial charge in [0, 0.05) is 0 Å². The Morgan fingerprint density at radius 1 is 1.12 bits per heavy atom. The average molecular weight is 422 g/mol. The van der Waals surface area contributed by atoms with E-state index in [1.165, 1.54) is 31.4 Å². The predicted molar refractivity (Wildman–Crippen MR) is 96.0 cm³/mol. The topological polar surface area (TPSA) is 72.9 Å². The van der Waals surface area contributed by atoms with Crippen LogP contribution >= 0.6 is 23.2 Å². The van der Waals surface area contributed by atoms with Gasteiger partial charge >= 0.3 is 5.97 Å². The summed E-state index contributed by atoms with van der Waals surface area (Å²) >= 11 is 12.1. The van der Waals surface area contributed by atoms with Gasteiger partial charge in [0.05, 0.1) is 24.9 Å². The number of halogens is 3. The highest BCUT2D eigenvalue weighted by atomic mass is 35.5. The van der Waals surface area contributed by atoms with Crippen LogP contribution in [0.3, 0.4) is 0 Å². The zero-order valence-corrected chi connectivity index (χ0v) is 16.0. The van der Waals surface area contributed by atoms with Crippen molar-refractivity contribution < 1.29 is 27.1 Å². The standard InChI is InChI=1S/C16H14Cl2FNO5S/c1-24-12-7-8-13(16(18)15(12)17)26(22,23)20(9-14(21)25-2)11-6-4-3-5-10(11)19/h3-8H,9H2,1-2H3. The maximum Gasteiger partial charge on any atom is 0.326 e. The second kappa shape index (κ2) is 8.11. The Bertz CT molecular complexity index is 936. The maximum absolute atomic E-state index is 14.2. The molecule has 6 nitrogen and oxygen atoms in total. The smallest absolute Gasteiger partial charge is 0.326 e. The van der Waals surface area contributed by atoms with E-state index >= 15 is 0 Å². The van der Waals surface area contributed by atoms with Crippen molar-refractivity contribution in [1.82, 2.24) is 0 Å². The summed E-state index contributed by atoms with van der Waals surface area (Å²) in [5.74, 6) is -1.55. The molecule has 2 rings (SSSR count). The monoisotopic (exact) mass is 421 g/mol. The molecule has 2 aromatic carbocycles. The number of carbonyl (C=O) groups excluding carboxylic acids is 1. The minimum atomic E-state index is -4.44. The Morgan fingerprint density at radius 2 is 1.77 bits per heavy atom. The number of hydrogen-bond acceptors (Lipinski definition) is 5. The highest BCUT2D eigenvalue weighted by Crippen LogP contribution is 2.38. The van der Waals surface area contributed by atoms with Gasteiger partial charge in [-0.05, 0) is 24.3 Å². The number of carbonyl (C=O) groups is 1. The molecule has 140 valence electrons. The van der Waals surface area contributed by atoms with Gasteiger partial charge in [-0.2, -0.15) is 0 Å². The van der Waals surface area contributed by atoms with Gasteiger partial charge < -0.3 is 9.47 Å². The Balaban J connectivity index is 2.65. The van der Waals surface area contributed by atoms with E-state index in [1.54, 1.807) is 0 Å². The fourth-order valence-electron chi connectivity index (χ4n) is 2.13. The molecule has 0 aliphatic rings. The zero-order chi connectivity index (χ0) is 19.5. The van der Waals surface area contributed by atoms with E-state index in [0.29, 0.717) is 4.31 Å². The van der Waals surface area contributed by atoms with E-state index in [4.69, 9.17) is 27.9 Å².